The fourth-order valence-electron chi connectivity index (χ4n) is 2.45. The molecule has 0 aliphatic carbocycles. The first kappa shape index (κ1) is 18.2. The van der Waals surface area contributed by atoms with Crippen LogP contribution in [0.25, 0.3) is 0 Å². The molecular formula is C19H16Cl2N4O. The molecule has 3 rings (SSSR count). The number of amides is 1. The Morgan fingerprint density at radius 2 is 1.77 bits per heavy atom. The van der Waals surface area contributed by atoms with Crippen LogP contribution in [-0.4, -0.2) is 15.9 Å². The highest BCUT2D eigenvalue weighted by molar-refractivity contribution is 6.35. The van der Waals surface area contributed by atoms with Crippen LogP contribution in [0.1, 0.15) is 21.6 Å². The highest BCUT2D eigenvalue weighted by Crippen LogP contribution is 2.27. The van der Waals surface area contributed by atoms with E-state index >= 15 is 0 Å². The zero-order valence-electron chi connectivity index (χ0n) is 14.2. The van der Waals surface area contributed by atoms with Crippen molar-refractivity contribution < 1.29 is 4.79 Å². The molecule has 0 saturated heterocycles. The summed E-state index contributed by atoms with van der Waals surface area (Å²) in [5.74, 6) is -0.0617. The molecule has 0 atom stereocenters. The fraction of sp³-hybridized carbons (Fsp3) is 0.105. The Labute approximate surface area is 161 Å². The zero-order chi connectivity index (χ0) is 18.7. The lowest BCUT2D eigenvalue weighted by Crippen LogP contribution is -2.16. The van der Waals surface area contributed by atoms with E-state index in [1.807, 2.05) is 32.0 Å². The van der Waals surface area contributed by atoms with Crippen molar-refractivity contribution in [2.24, 2.45) is 0 Å². The predicted molar refractivity (Wildman–Crippen MR) is 106 cm³/mol. The molecule has 0 fully saturated rings. The minimum Gasteiger partial charge on any atom is -0.323 e. The van der Waals surface area contributed by atoms with E-state index in [1.165, 1.54) is 6.20 Å². The Morgan fingerprint density at radius 3 is 2.50 bits per heavy atom. The van der Waals surface area contributed by atoms with Gasteiger partial charge in [-0.15, -0.1) is 0 Å². The summed E-state index contributed by atoms with van der Waals surface area (Å²) in [6.45, 7) is 3.88. The van der Waals surface area contributed by atoms with Crippen molar-refractivity contribution in [3.8, 4) is 0 Å². The molecule has 0 aliphatic rings. The Balaban J connectivity index is 1.83. The summed E-state index contributed by atoms with van der Waals surface area (Å²) in [6, 6.07) is 12.4. The van der Waals surface area contributed by atoms with E-state index in [0.29, 0.717) is 15.7 Å². The van der Waals surface area contributed by atoms with Gasteiger partial charge in [0, 0.05) is 16.9 Å². The van der Waals surface area contributed by atoms with Gasteiger partial charge >= 0.3 is 0 Å². The summed E-state index contributed by atoms with van der Waals surface area (Å²) in [4.78, 5) is 21.0. The average Bonchev–Trinajstić information content (AvgIpc) is 2.61. The third-order valence-corrected chi connectivity index (χ3v) is 4.35. The van der Waals surface area contributed by atoms with E-state index in [0.717, 1.165) is 16.8 Å². The Bertz CT molecular complexity index is 955. The van der Waals surface area contributed by atoms with Crippen LogP contribution < -0.4 is 10.6 Å². The summed E-state index contributed by atoms with van der Waals surface area (Å²) in [5.41, 5.74) is 3.55. The Morgan fingerprint density at radius 1 is 1.04 bits per heavy atom. The molecule has 7 heteroatoms. The fourth-order valence-corrected chi connectivity index (χ4v) is 2.79. The number of benzene rings is 2. The highest BCUT2D eigenvalue weighted by atomic mass is 35.5. The van der Waals surface area contributed by atoms with E-state index in [2.05, 4.69) is 20.6 Å². The lowest BCUT2D eigenvalue weighted by atomic mass is 10.1. The number of rotatable bonds is 4. The molecule has 26 heavy (non-hydrogen) atoms. The van der Waals surface area contributed by atoms with Gasteiger partial charge < -0.3 is 10.6 Å². The number of carbonyl (C=O) groups is 1. The molecule has 1 heterocycles. The third kappa shape index (κ3) is 4.12. The number of halogens is 2. The van der Waals surface area contributed by atoms with Gasteiger partial charge in [0.15, 0.2) is 0 Å². The summed E-state index contributed by atoms with van der Waals surface area (Å²) in [7, 11) is 0. The van der Waals surface area contributed by atoms with Crippen molar-refractivity contribution in [2.45, 2.75) is 13.8 Å². The number of anilines is 3. The average molecular weight is 387 g/mol. The largest absolute Gasteiger partial charge is 0.323 e. The molecule has 2 aromatic carbocycles. The van der Waals surface area contributed by atoms with E-state index < -0.39 is 0 Å². The number of hydrogen-bond acceptors (Lipinski definition) is 4. The van der Waals surface area contributed by atoms with Crippen LogP contribution >= 0.6 is 23.2 Å². The predicted octanol–water partition coefficient (Wildman–Crippen LogP) is 5.40. The molecule has 2 N–H and O–H groups in total. The number of carbonyl (C=O) groups excluding carboxylic acids is 1. The molecule has 0 aliphatic heterocycles. The monoisotopic (exact) mass is 386 g/mol. The van der Waals surface area contributed by atoms with Crippen LogP contribution in [-0.2, 0) is 0 Å². The lowest BCUT2D eigenvalue weighted by molar-refractivity contribution is 0.102. The van der Waals surface area contributed by atoms with Gasteiger partial charge in [0.2, 0.25) is 5.95 Å². The molecule has 0 spiro atoms. The van der Waals surface area contributed by atoms with Gasteiger partial charge in [-0.25, -0.2) is 9.97 Å². The number of nitrogens with one attached hydrogen (secondary N) is 2. The second kappa shape index (κ2) is 7.72. The lowest BCUT2D eigenvalue weighted by Gasteiger charge is -2.12. The summed E-state index contributed by atoms with van der Waals surface area (Å²) in [6.07, 6.45) is 1.51. The number of aromatic nitrogens is 2. The third-order valence-electron chi connectivity index (χ3n) is 3.78. The Hall–Kier alpha value is -2.63. The molecule has 3 aromatic rings. The maximum atomic E-state index is 12.6. The second-order valence-electron chi connectivity index (χ2n) is 5.74. The topological polar surface area (TPSA) is 66.9 Å². The second-order valence-corrected chi connectivity index (χ2v) is 6.58. The van der Waals surface area contributed by atoms with Crippen molar-refractivity contribution in [1.29, 1.82) is 0 Å². The van der Waals surface area contributed by atoms with Crippen LogP contribution in [0.4, 0.5) is 17.3 Å². The highest BCUT2D eigenvalue weighted by Gasteiger charge is 2.12. The molecule has 1 aromatic heterocycles. The van der Waals surface area contributed by atoms with Crippen LogP contribution in [0.2, 0.25) is 10.0 Å². The van der Waals surface area contributed by atoms with E-state index in [9.17, 15) is 4.79 Å². The SMILES string of the molecule is Cc1cccc(C)c1NC(=O)c1ccnc(Nc2cc(Cl)ccc2Cl)n1. The van der Waals surface area contributed by atoms with Gasteiger partial charge in [-0.3, -0.25) is 4.79 Å². The molecule has 1 amide bonds. The quantitative estimate of drug-likeness (QED) is 0.629. The number of aryl methyl sites for hydroxylation is 2. The summed E-state index contributed by atoms with van der Waals surface area (Å²) >= 11 is 12.1. The molecule has 132 valence electrons. The summed E-state index contributed by atoms with van der Waals surface area (Å²) in [5, 5.41) is 6.88. The van der Waals surface area contributed by atoms with Gasteiger partial charge in [-0.2, -0.15) is 0 Å². The molecule has 5 nitrogen and oxygen atoms in total. The standard InChI is InChI=1S/C19H16Cl2N4O/c1-11-4-3-5-12(2)17(11)25-18(26)15-8-9-22-19(23-15)24-16-10-13(20)6-7-14(16)21/h3-10H,1-2H3,(H,25,26)(H,22,23,24). The van der Waals surface area contributed by atoms with Gasteiger partial charge in [0.05, 0.1) is 10.7 Å². The molecule has 0 unspecified atom stereocenters. The maximum Gasteiger partial charge on any atom is 0.274 e. The Kier molecular flexibility index (Phi) is 5.40. The van der Waals surface area contributed by atoms with Crippen molar-refractivity contribution in [1.82, 2.24) is 9.97 Å². The summed E-state index contributed by atoms with van der Waals surface area (Å²) < 4.78 is 0. The van der Waals surface area contributed by atoms with E-state index in [1.54, 1.807) is 24.3 Å². The minimum absolute atomic E-state index is 0.239. The van der Waals surface area contributed by atoms with E-state index in [4.69, 9.17) is 23.2 Å². The molecular weight excluding hydrogens is 371 g/mol. The first-order chi connectivity index (χ1) is 12.4. The number of hydrogen-bond donors (Lipinski definition) is 2. The molecule has 0 saturated carbocycles. The number of para-hydroxylation sites is 1. The molecule has 0 radical (unpaired) electrons. The minimum atomic E-state index is -0.315. The maximum absolute atomic E-state index is 12.6. The van der Waals surface area contributed by atoms with Crippen molar-refractivity contribution in [3.63, 3.8) is 0 Å². The van der Waals surface area contributed by atoms with Crippen molar-refractivity contribution >= 4 is 46.4 Å². The van der Waals surface area contributed by atoms with Crippen LogP contribution in [0, 0.1) is 13.8 Å². The van der Waals surface area contributed by atoms with Crippen molar-refractivity contribution in [2.75, 3.05) is 10.6 Å². The van der Waals surface area contributed by atoms with Crippen LogP contribution in [0.5, 0.6) is 0 Å². The normalized spacial score (nSPS) is 10.5. The first-order valence-corrected chi connectivity index (χ1v) is 8.62. The van der Waals surface area contributed by atoms with Gasteiger partial charge in [0.1, 0.15) is 5.69 Å². The molecule has 0 bridgehead atoms. The van der Waals surface area contributed by atoms with Crippen LogP contribution in [0.3, 0.4) is 0 Å². The smallest absolute Gasteiger partial charge is 0.274 e. The van der Waals surface area contributed by atoms with Gasteiger partial charge in [0.25, 0.3) is 5.91 Å². The van der Waals surface area contributed by atoms with Gasteiger partial charge in [-0.05, 0) is 49.2 Å². The van der Waals surface area contributed by atoms with Crippen molar-refractivity contribution in [3.05, 3.63) is 75.5 Å². The van der Waals surface area contributed by atoms with E-state index in [-0.39, 0.29) is 17.5 Å². The number of nitrogens with zero attached hydrogens (tertiary/aromatic N) is 2. The zero-order valence-corrected chi connectivity index (χ0v) is 15.7. The van der Waals surface area contributed by atoms with Crippen LogP contribution in [0.15, 0.2) is 48.7 Å². The first-order valence-electron chi connectivity index (χ1n) is 7.87. The van der Waals surface area contributed by atoms with Gasteiger partial charge in [-0.1, -0.05) is 41.4 Å².